The number of pyridine rings is 1. The Kier molecular flexibility index (Phi) is 4.40. The predicted octanol–water partition coefficient (Wildman–Crippen LogP) is 3.69. The van der Waals surface area contributed by atoms with Crippen LogP contribution in [0.2, 0.25) is 0 Å². The molecule has 0 radical (unpaired) electrons. The highest BCUT2D eigenvalue weighted by atomic mass is 16.5. The number of aryl methyl sites for hydroxylation is 2. The monoisotopic (exact) mass is 270 g/mol. The molecule has 2 aromatic rings. The van der Waals surface area contributed by atoms with Crippen molar-refractivity contribution >= 4 is 0 Å². The van der Waals surface area contributed by atoms with E-state index >= 15 is 0 Å². The summed E-state index contributed by atoms with van der Waals surface area (Å²) in [5.41, 5.74) is 10.5. The Labute approximate surface area is 120 Å². The van der Waals surface area contributed by atoms with Crippen molar-refractivity contribution in [2.45, 2.75) is 40.2 Å². The summed E-state index contributed by atoms with van der Waals surface area (Å²) in [6.45, 7) is 8.23. The minimum absolute atomic E-state index is 0.120. The highest BCUT2D eigenvalue weighted by Crippen LogP contribution is 2.28. The molecule has 20 heavy (non-hydrogen) atoms. The van der Waals surface area contributed by atoms with Gasteiger partial charge in [-0.2, -0.15) is 0 Å². The summed E-state index contributed by atoms with van der Waals surface area (Å²) in [6, 6.07) is 6.34. The van der Waals surface area contributed by atoms with Crippen molar-refractivity contribution in [1.82, 2.24) is 4.98 Å². The van der Waals surface area contributed by atoms with Gasteiger partial charge in [-0.3, -0.25) is 4.98 Å². The van der Waals surface area contributed by atoms with E-state index in [1.165, 1.54) is 11.1 Å². The van der Waals surface area contributed by atoms with Crippen LogP contribution in [0.4, 0.5) is 0 Å². The topological polar surface area (TPSA) is 48.1 Å². The van der Waals surface area contributed by atoms with Crippen LogP contribution < -0.4 is 10.5 Å². The summed E-state index contributed by atoms with van der Waals surface area (Å²) in [5, 5.41) is 0. The summed E-state index contributed by atoms with van der Waals surface area (Å²) >= 11 is 0. The molecule has 0 aliphatic rings. The number of rotatable bonds is 4. The van der Waals surface area contributed by atoms with E-state index in [1.54, 1.807) is 6.20 Å². The normalized spacial score (nSPS) is 12.2. The maximum atomic E-state index is 5.99. The molecule has 0 aliphatic carbocycles. The van der Waals surface area contributed by atoms with Crippen LogP contribution in [0.15, 0.2) is 30.6 Å². The fourth-order valence-corrected chi connectivity index (χ4v) is 2.24. The zero-order chi connectivity index (χ0) is 14.7. The molecule has 0 saturated carbocycles. The van der Waals surface area contributed by atoms with E-state index in [0.29, 0.717) is 0 Å². The molecule has 1 atom stereocenters. The van der Waals surface area contributed by atoms with Gasteiger partial charge in [0.25, 0.3) is 0 Å². The Morgan fingerprint density at radius 2 is 1.90 bits per heavy atom. The number of nitrogens with zero attached hydrogens (tertiary/aromatic N) is 1. The first kappa shape index (κ1) is 14.5. The lowest BCUT2D eigenvalue weighted by molar-refractivity contribution is 0.474. The fraction of sp³-hybridized carbons (Fsp3) is 0.353. The van der Waals surface area contributed by atoms with Crippen molar-refractivity contribution in [1.29, 1.82) is 0 Å². The number of benzene rings is 1. The van der Waals surface area contributed by atoms with Crippen LogP contribution >= 0.6 is 0 Å². The molecule has 0 fully saturated rings. The Morgan fingerprint density at radius 1 is 1.15 bits per heavy atom. The van der Waals surface area contributed by atoms with E-state index in [2.05, 4.69) is 37.9 Å². The number of hydrogen-bond acceptors (Lipinski definition) is 3. The molecular formula is C17H22N2O. The summed E-state index contributed by atoms with van der Waals surface area (Å²) < 4.78 is 5.99. The second kappa shape index (κ2) is 6.06. The molecule has 1 unspecified atom stereocenters. The van der Waals surface area contributed by atoms with E-state index in [0.717, 1.165) is 29.0 Å². The van der Waals surface area contributed by atoms with Gasteiger partial charge in [0.15, 0.2) is 0 Å². The Bertz CT molecular complexity index is 606. The molecule has 0 saturated heterocycles. The van der Waals surface area contributed by atoms with Gasteiger partial charge in [-0.1, -0.05) is 6.07 Å². The smallest absolute Gasteiger partial charge is 0.145 e. The molecule has 1 heterocycles. The molecule has 0 bridgehead atoms. The summed E-state index contributed by atoms with van der Waals surface area (Å²) in [4.78, 5) is 4.23. The van der Waals surface area contributed by atoms with Gasteiger partial charge in [-0.05, 0) is 68.5 Å². The van der Waals surface area contributed by atoms with Gasteiger partial charge in [0.1, 0.15) is 11.5 Å². The molecule has 3 heteroatoms. The van der Waals surface area contributed by atoms with Crippen LogP contribution in [0, 0.1) is 20.8 Å². The molecule has 0 amide bonds. The van der Waals surface area contributed by atoms with Crippen molar-refractivity contribution in [3.63, 3.8) is 0 Å². The van der Waals surface area contributed by atoms with Crippen molar-refractivity contribution in [2.75, 3.05) is 0 Å². The molecule has 1 aromatic heterocycles. The Morgan fingerprint density at radius 3 is 2.60 bits per heavy atom. The van der Waals surface area contributed by atoms with Gasteiger partial charge in [-0.25, -0.2) is 0 Å². The van der Waals surface area contributed by atoms with Gasteiger partial charge in [0, 0.05) is 12.2 Å². The van der Waals surface area contributed by atoms with E-state index in [9.17, 15) is 0 Å². The number of aromatic nitrogens is 1. The molecule has 106 valence electrons. The van der Waals surface area contributed by atoms with E-state index < -0.39 is 0 Å². The van der Waals surface area contributed by atoms with Crippen LogP contribution in [0.3, 0.4) is 0 Å². The van der Waals surface area contributed by atoms with E-state index in [1.807, 2.05) is 19.2 Å². The number of ether oxygens (including phenoxy) is 1. The first-order valence-electron chi connectivity index (χ1n) is 6.91. The number of nitrogens with two attached hydrogens (primary N) is 1. The molecule has 0 aliphatic heterocycles. The molecular weight excluding hydrogens is 248 g/mol. The van der Waals surface area contributed by atoms with Gasteiger partial charge < -0.3 is 10.5 Å². The van der Waals surface area contributed by atoms with Crippen molar-refractivity contribution in [3.05, 3.63) is 52.8 Å². The average molecular weight is 270 g/mol. The Hall–Kier alpha value is -1.87. The van der Waals surface area contributed by atoms with Gasteiger partial charge in [0.05, 0.1) is 6.20 Å². The van der Waals surface area contributed by atoms with E-state index in [4.69, 9.17) is 10.5 Å². The van der Waals surface area contributed by atoms with Crippen LogP contribution in [0.25, 0.3) is 0 Å². The van der Waals surface area contributed by atoms with Crippen LogP contribution in [-0.2, 0) is 6.42 Å². The van der Waals surface area contributed by atoms with Gasteiger partial charge in [-0.15, -0.1) is 0 Å². The summed E-state index contributed by atoms with van der Waals surface area (Å²) in [5.74, 6) is 1.65. The standard InChI is InChI=1S/C17H22N2O/c1-11-5-12(2)14(4)17(6-11)20-16-8-15(7-13(3)18)9-19-10-16/h5-6,8-10,13H,7,18H2,1-4H3. The van der Waals surface area contributed by atoms with Crippen molar-refractivity contribution in [2.24, 2.45) is 5.73 Å². The molecule has 0 spiro atoms. The molecule has 1 aromatic carbocycles. The van der Waals surface area contributed by atoms with E-state index in [-0.39, 0.29) is 6.04 Å². The predicted molar refractivity (Wildman–Crippen MR) is 82.3 cm³/mol. The van der Waals surface area contributed by atoms with Crippen molar-refractivity contribution < 1.29 is 4.74 Å². The van der Waals surface area contributed by atoms with Crippen LogP contribution in [0.5, 0.6) is 11.5 Å². The first-order valence-corrected chi connectivity index (χ1v) is 6.91. The Balaban J connectivity index is 2.26. The zero-order valence-electron chi connectivity index (χ0n) is 12.6. The SMILES string of the molecule is Cc1cc(C)c(C)c(Oc2cncc(CC(C)N)c2)c1. The molecule has 3 nitrogen and oxygen atoms in total. The highest BCUT2D eigenvalue weighted by molar-refractivity contribution is 5.44. The second-order valence-electron chi connectivity index (χ2n) is 5.52. The third kappa shape index (κ3) is 3.58. The van der Waals surface area contributed by atoms with Crippen molar-refractivity contribution in [3.8, 4) is 11.5 Å². The maximum absolute atomic E-state index is 5.99. The third-order valence-electron chi connectivity index (χ3n) is 3.32. The van der Waals surface area contributed by atoms with Gasteiger partial charge >= 0.3 is 0 Å². The molecule has 2 rings (SSSR count). The first-order chi connectivity index (χ1) is 9.45. The van der Waals surface area contributed by atoms with Gasteiger partial charge in [0.2, 0.25) is 0 Å². The lowest BCUT2D eigenvalue weighted by atomic mass is 10.1. The maximum Gasteiger partial charge on any atom is 0.145 e. The minimum Gasteiger partial charge on any atom is -0.455 e. The highest BCUT2D eigenvalue weighted by Gasteiger charge is 2.07. The average Bonchev–Trinajstić information content (AvgIpc) is 2.35. The second-order valence-corrected chi connectivity index (χ2v) is 5.52. The van der Waals surface area contributed by atoms with Crippen LogP contribution in [-0.4, -0.2) is 11.0 Å². The summed E-state index contributed by atoms with van der Waals surface area (Å²) in [7, 11) is 0. The molecule has 2 N–H and O–H groups in total. The largest absolute Gasteiger partial charge is 0.455 e. The lowest BCUT2D eigenvalue weighted by Gasteiger charge is -2.13. The minimum atomic E-state index is 0.120. The van der Waals surface area contributed by atoms with Crippen LogP contribution in [0.1, 0.15) is 29.2 Å². The number of hydrogen-bond donors (Lipinski definition) is 1. The third-order valence-corrected chi connectivity index (χ3v) is 3.32. The fourth-order valence-electron chi connectivity index (χ4n) is 2.24. The lowest BCUT2D eigenvalue weighted by Crippen LogP contribution is -2.17. The summed E-state index contributed by atoms with van der Waals surface area (Å²) in [6.07, 6.45) is 4.38. The zero-order valence-corrected chi connectivity index (χ0v) is 12.6. The quantitative estimate of drug-likeness (QED) is 0.921.